The maximum atomic E-state index is 12.2. The van der Waals surface area contributed by atoms with Crippen molar-refractivity contribution in [1.82, 2.24) is 4.72 Å². The second-order valence-electron chi connectivity index (χ2n) is 5.71. The summed E-state index contributed by atoms with van der Waals surface area (Å²) in [7, 11) is -1.60. The van der Waals surface area contributed by atoms with Gasteiger partial charge in [0.25, 0.3) is 0 Å². The number of nitrogens with one attached hydrogen (secondary N) is 1. The Kier molecular flexibility index (Phi) is 5.18. The molecule has 1 aromatic rings. The van der Waals surface area contributed by atoms with Crippen molar-refractivity contribution in [3.8, 4) is 0 Å². The van der Waals surface area contributed by atoms with Crippen molar-refractivity contribution in [2.45, 2.75) is 31.4 Å². The molecule has 0 saturated heterocycles. The molecule has 0 amide bonds. The van der Waals surface area contributed by atoms with E-state index < -0.39 is 10.0 Å². The Balaban J connectivity index is 1.94. The predicted molar refractivity (Wildman–Crippen MR) is 79.8 cm³/mol. The van der Waals surface area contributed by atoms with E-state index >= 15 is 0 Å². The zero-order valence-corrected chi connectivity index (χ0v) is 12.8. The van der Waals surface area contributed by atoms with Gasteiger partial charge < -0.3 is 4.74 Å². The van der Waals surface area contributed by atoms with Gasteiger partial charge in [-0.2, -0.15) is 0 Å². The van der Waals surface area contributed by atoms with Crippen LogP contribution < -0.4 is 4.72 Å². The van der Waals surface area contributed by atoms with E-state index in [1.807, 2.05) is 30.3 Å². The molecule has 0 heterocycles. The molecule has 5 heteroatoms. The molecular weight excluding hydrogens is 274 g/mol. The van der Waals surface area contributed by atoms with Crippen molar-refractivity contribution in [2.24, 2.45) is 5.41 Å². The van der Waals surface area contributed by atoms with Crippen LogP contribution in [0.3, 0.4) is 0 Å². The fourth-order valence-electron chi connectivity index (χ4n) is 2.91. The van der Waals surface area contributed by atoms with Crippen LogP contribution in [-0.4, -0.2) is 28.7 Å². The first kappa shape index (κ1) is 15.5. The first-order valence-corrected chi connectivity index (χ1v) is 8.71. The Morgan fingerprint density at radius 3 is 2.45 bits per heavy atom. The first-order valence-electron chi connectivity index (χ1n) is 7.06. The highest BCUT2D eigenvalue weighted by Gasteiger charge is 2.34. The molecule has 1 aliphatic carbocycles. The molecule has 1 saturated carbocycles. The highest BCUT2D eigenvalue weighted by molar-refractivity contribution is 7.88. The van der Waals surface area contributed by atoms with Crippen molar-refractivity contribution >= 4 is 10.0 Å². The molecule has 2 rings (SSSR count). The average molecular weight is 297 g/mol. The van der Waals surface area contributed by atoms with Crippen molar-refractivity contribution < 1.29 is 13.2 Å². The summed E-state index contributed by atoms with van der Waals surface area (Å²) >= 11 is 0. The van der Waals surface area contributed by atoms with Gasteiger partial charge in [-0.05, 0) is 18.4 Å². The Morgan fingerprint density at radius 1 is 1.20 bits per heavy atom. The molecule has 0 aliphatic heterocycles. The maximum absolute atomic E-state index is 12.2. The summed E-state index contributed by atoms with van der Waals surface area (Å²) in [6.07, 6.45) is 4.39. The van der Waals surface area contributed by atoms with Crippen LogP contribution in [0.15, 0.2) is 30.3 Å². The van der Waals surface area contributed by atoms with Gasteiger partial charge in [0, 0.05) is 19.1 Å². The number of methoxy groups -OCH3 is 1. The van der Waals surface area contributed by atoms with Gasteiger partial charge in [0.2, 0.25) is 10.0 Å². The molecule has 1 N–H and O–H groups in total. The first-order chi connectivity index (χ1) is 9.55. The van der Waals surface area contributed by atoms with E-state index in [2.05, 4.69) is 4.72 Å². The minimum absolute atomic E-state index is 0.0154. The van der Waals surface area contributed by atoms with E-state index in [1.54, 1.807) is 7.11 Å². The zero-order chi connectivity index (χ0) is 14.5. The summed E-state index contributed by atoms with van der Waals surface area (Å²) in [4.78, 5) is 0. The van der Waals surface area contributed by atoms with Gasteiger partial charge in [-0.25, -0.2) is 13.1 Å². The number of benzene rings is 1. The number of ether oxygens (including phenoxy) is 1. The van der Waals surface area contributed by atoms with Crippen molar-refractivity contribution in [3.63, 3.8) is 0 Å². The van der Waals surface area contributed by atoms with Crippen LogP contribution >= 0.6 is 0 Å². The van der Waals surface area contributed by atoms with E-state index in [9.17, 15) is 8.42 Å². The molecule has 1 aliphatic rings. The molecule has 0 spiro atoms. The molecule has 0 atom stereocenters. The monoisotopic (exact) mass is 297 g/mol. The van der Waals surface area contributed by atoms with E-state index in [-0.39, 0.29) is 11.2 Å². The van der Waals surface area contributed by atoms with Crippen LogP contribution in [0.25, 0.3) is 0 Å². The quantitative estimate of drug-likeness (QED) is 0.840. The average Bonchev–Trinajstić information content (AvgIpc) is 2.87. The van der Waals surface area contributed by atoms with Gasteiger partial charge in [0.1, 0.15) is 0 Å². The standard InChI is InChI=1S/C15H23NO3S/c1-19-13-15(9-5-6-10-15)12-16-20(17,18)11-14-7-3-2-4-8-14/h2-4,7-8,16H,5-6,9-13H2,1H3. The van der Waals surface area contributed by atoms with Gasteiger partial charge >= 0.3 is 0 Å². The highest BCUT2D eigenvalue weighted by Crippen LogP contribution is 2.37. The number of rotatable bonds is 7. The number of sulfonamides is 1. The molecular formula is C15H23NO3S. The van der Waals surface area contributed by atoms with E-state index in [1.165, 1.54) is 0 Å². The minimum Gasteiger partial charge on any atom is -0.384 e. The van der Waals surface area contributed by atoms with Crippen molar-refractivity contribution in [3.05, 3.63) is 35.9 Å². The van der Waals surface area contributed by atoms with Gasteiger partial charge in [0.15, 0.2) is 0 Å². The van der Waals surface area contributed by atoms with E-state index in [4.69, 9.17) is 4.74 Å². The lowest BCUT2D eigenvalue weighted by molar-refractivity contribution is 0.0867. The fourth-order valence-corrected chi connectivity index (χ4v) is 4.17. The Labute approximate surface area is 121 Å². The largest absolute Gasteiger partial charge is 0.384 e. The SMILES string of the molecule is COCC1(CNS(=O)(=O)Cc2ccccc2)CCCC1. The predicted octanol–water partition coefficient (Wildman–Crippen LogP) is 2.31. The lowest BCUT2D eigenvalue weighted by Crippen LogP contribution is -2.39. The van der Waals surface area contributed by atoms with Crippen LogP contribution in [0, 0.1) is 5.41 Å². The molecule has 0 radical (unpaired) electrons. The molecule has 0 bridgehead atoms. The van der Waals surface area contributed by atoms with Crippen LogP contribution in [0.2, 0.25) is 0 Å². The van der Waals surface area contributed by atoms with Gasteiger partial charge in [-0.1, -0.05) is 43.2 Å². The summed E-state index contributed by atoms with van der Waals surface area (Å²) in [6.45, 7) is 1.11. The lowest BCUT2D eigenvalue weighted by atomic mass is 9.87. The molecule has 20 heavy (non-hydrogen) atoms. The summed E-state index contributed by atoms with van der Waals surface area (Å²) in [5.74, 6) is 0.0386. The van der Waals surface area contributed by atoms with Crippen LogP contribution in [0.1, 0.15) is 31.2 Å². The van der Waals surface area contributed by atoms with Gasteiger partial charge in [0.05, 0.1) is 12.4 Å². The second kappa shape index (κ2) is 6.70. The zero-order valence-electron chi connectivity index (χ0n) is 12.0. The second-order valence-corrected chi connectivity index (χ2v) is 7.51. The number of hydrogen-bond donors (Lipinski definition) is 1. The maximum Gasteiger partial charge on any atom is 0.215 e. The summed E-state index contributed by atoms with van der Waals surface area (Å²) in [5, 5.41) is 0. The van der Waals surface area contributed by atoms with Gasteiger partial charge in [-0.3, -0.25) is 0 Å². The number of hydrogen-bond acceptors (Lipinski definition) is 3. The molecule has 1 aromatic carbocycles. The minimum atomic E-state index is -3.28. The smallest absolute Gasteiger partial charge is 0.215 e. The van der Waals surface area contributed by atoms with E-state index in [0.29, 0.717) is 13.2 Å². The van der Waals surface area contributed by atoms with Crippen LogP contribution in [-0.2, 0) is 20.5 Å². The van der Waals surface area contributed by atoms with Crippen LogP contribution in [0.4, 0.5) is 0 Å². The third-order valence-corrected chi connectivity index (χ3v) is 5.28. The summed E-state index contributed by atoms with van der Waals surface area (Å²) in [5.41, 5.74) is 0.797. The Hall–Kier alpha value is -0.910. The lowest BCUT2D eigenvalue weighted by Gasteiger charge is -2.28. The Morgan fingerprint density at radius 2 is 1.85 bits per heavy atom. The summed E-state index contributed by atoms with van der Waals surface area (Å²) < 4.78 is 32.3. The Bertz CT molecular complexity index is 507. The third-order valence-electron chi connectivity index (χ3n) is 3.98. The van der Waals surface area contributed by atoms with Crippen molar-refractivity contribution in [1.29, 1.82) is 0 Å². The third kappa shape index (κ3) is 4.30. The molecule has 112 valence electrons. The molecule has 0 unspecified atom stereocenters. The molecule has 1 fully saturated rings. The van der Waals surface area contributed by atoms with Crippen LogP contribution in [0.5, 0.6) is 0 Å². The van der Waals surface area contributed by atoms with E-state index in [0.717, 1.165) is 31.2 Å². The highest BCUT2D eigenvalue weighted by atomic mass is 32.2. The molecule has 0 aromatic heterocycles. The van der Waals surface area contributed by atoms with Crippen molar-refractivity contribution in [2.75, 3.05) is 20.3 Å². The normalized spacial score (nSPS) is 18.2. The fraction of sp³-hybridized carbons (Fsp3) is 0.600. The van der Waals surface area contributed by atoms with Gasteiger partial charge in [-0.15, -0.1) is 0 Å². The topological polar surface area (TPSA) is 55.4 Å². The summed E-state index contributed by atoms with van der Waals surface area (Å²) in [6, 6.07) is 9.26. The molecule has 4 nitrogen and oxygen atoms in total.